The van der Waals surface area contributed by atoms with Crippen LogP contribution in [0.2, 0.25) is 5.02 Å². The molecule has 0 saturated heterocycles. The van der Waals surface area contributed by atoms with Crippen molar-refractivity contribution in [2.24, 2.45) is 0 Å². The lowest BCUT2D eigenvalue weighted by molar-refractivity contribution is 0.0478. The summed E-state index contributed by atoms with van der Waals surface area (Å²) in [7, 11) is 3.19. The number of ether oxygens (including phenoxy) is 1. The standard InChI is InChI=1S/C18H14BrClN2O3/c1-22(25-18(23)11-4-3-5-13(8-11)24-2)17-14-9-12(20)6-7-16(14)21-10-15(17)19/h3-10H,1-2H3. The molecule has 0 atom stereocenters. The van der Waals surface area contributed by atoms with Gasteiger partial charge in [0.2, 0.25) is 0 Å². The smallest absolute Gasteiger partial charge is 0.363 e. The predicted octanol–water partition coefficient (Wildman–Crippen LogP) is 4.87. The predicted molar refractivity (Wildman–Crippen MR) is 101 cm³/mol. The number of anilines is 1. The molecule has 0 fully saturated rings. The second-order valence-corrected chi connectivity index (χ2v) is 6.52. The van der Waals surface area contributed by atoms with E-state index in [0.717, 1.165) is 10.9 Å². The Hall–Kier alpha value is -2.31. The molecule has 0 bridgehead atoms. The molecule has 3 aromatic rings. The fourth-order valence-electron chi connectivity index (χ4n) is 2.42. The minimum atomic E-state index is -0.500. The number of nitrogens with zero attached hydrogens (tertiary/aromatic N) is 2. The number of fused-ring (bicyclic) bond motifs is 1. The highest BCUT2D eigenvalue weighted by atomic mass is 79.9. The third-order valence-corrected chi connectivity index (χ3v) is 4.41. The van der Waals surface area contributed by atoms with Gasteiger partial charge in [0.05, 0.1) is 28.4 Å². The number of hydroxylamine groups is 1. The lowest BCUT2D eigenvalue weighted by Gasteiger charge is -2.21. The summed E-state index contributed by atoms with van der Waals surface area (Å²) in [4.78, 5) is 22.3. The van der Waals surface area contributed by atoms with E-state index in [1.807, 2.05) is 6.07 Å². The molecule has 3 rings (SSSR count). The number of pyridine rings is 1. The molecule has 0 unspecified atom stereocenters. The van der Waals surface area contributed by atoms with Gasteiger partial charge in [0, 0.05) is 23.7 Å². The Kier molecular flexibility index (Phi) is 5.11. The largest absolute Gasteiger partial charge is 0.497 e. The van der Waals surface area contributed by atoms with Gasteiger partial charge in [-0.15, -0.1) is 0 Å². The van der Waals surface area contributed by atoms with Gasteiger partial charge in [-0.25, -0.2) is 9.86 Å². The molecule has 0 N–H and O–H groups in total. The van der Waals surface area contributed by atoms with E-state index in [-0.39, 0.29) is 0 Å². The summed E-state index contributed by atoms with van der Waals surface area (Å²) in [6, 6.07) is 12.1. The van der Waals surface area contributed by atoms with Crippen LogP contribution in [0, 0.1) is 0 Å². The first-order valence-corrected chi connectivity index (χ1v) is 8.50. The van der Waals surface area contributed by atoms with Crippen LogP contribution in [0.4, 0.5) is 5.69 Å². The molecule has 1 heterocycles. The number of carbonyl (C=O) groups excluding carboxylic acids is 1. The van der Waals surface area contributed by atoms with E-state index in [0.29, 0.717) is 26.5 Å². The maximum absolute atomic E-state index is 12.4. The first kappa shape index (κ1) is 17.5. The van der Waals surface area contributed by atoms with Gasteiger partial charge in [-0.3, -0.25) is 4.98 Å². The molecule has 128 valence electrons. The Morgan fingerprint density at radius 2 is 2.04 bits per heavy atom. The summed E-state index contributed by atoms with van der Waals surface area (Å²) in [6.07, 6.45) is 1.65. The fraction of sp³-hybridized carbons (Fsp3) is 0.111. The zero-order chi connectivity index (χ0) is 18.0. The van der Waals surface area contributed by atoms with Gasteiger partial charge in [-0.2, -0.15) is 0 Å². The van der Waals surface area contributed by atoms with Crippen molar-refractivity contribution in [1.29, 1.82) is 0 Å². The lowest BCUT2D eigenvalue weighted by atomic mass is 10.2. The van der Waals surface area contributed by atoms with E-state index in [4.69, 9.17) is 21.2 Å². The van der Waals surface area contributed by atoms with Crippen LogP contribution in [0.1, 0.15) is 10.4 Å². The molecule has 1 aromatic heterocycles. The molecule has 25 heavy (non-hydrogen) atoms. The van der Waals surface area contributed by atoms with Gasteiger partial charge in [0.25, 0.3) is 0 Å². The van der Waals surface area contributed by atoms with Crippen molar-refractivity contribution in [3.8, 4) is 5.75 Å². The summed E-state index contributed by atoms with van der Waals surface area (Å²) < 4.78 is 5.82. The van der Waals surface area contributed by atoms with Crippen molar-refractivity contribution >= 4 is 50.1 Å². The van der Waals surface area contributed by atoms with Crippen LogP contribution in [0.5, 0.6) is 5.75 Å². The van der Waals surface area contributed by atoms with Crippen LogP contribution in [-0.2, 0) is 4.84 Å². The van der Waals surface area contributed by atoms with Gasteiger partial charge in [0.1, 0.15) is 5.75 Å². The van der Waals surface area contributed by atoms with E-state index in [9.17, 15) is 4.79 Å². The molecule has 0 amide bonds. The highest BCUT2D eigenvalue weighted by Gasteiger charge is 2.17. The monoisotopic (exact) mass is 420 g/mol. The van der Waals surface area contributed by atoms with Crippen LogP contribution >= 0.6 is 27.5 Å². The third kappa shape index (κ3) is 3.70. The van der Waals surface area contributed by atoms with Gasteiger partial charge < -0.3 is 9.57 Å². The van der Waals surface area contributed by atoms with E-state index in [1.54, 1.807) is 56.8 Å². The molecule has 0 spiro atoms. The van der Waals surface area contributed by atoms with Crippen molar-refractivity contribution < 1.29 is 14.4 Å². The van der Waals surface area contributed by atoms with Gasteiger partial charge in [-0.1, -0.05) is 17.7 Å². The Morgan fingerprint density at radius 1 is 1.24 bits per heavy atom. The summed E-state index contributed by atoms with van der Waals surface area (Å²) >= 11 is 9.55. The number of hydrogen-bond acceptors (Lipinski definition) is 5. The Morgan fingerprint density at radius 3 is 2.80 bits per heavy atom. The van der Waals surface area contributed by atoms with E-state index >= 15 is 0 Å². The van der Waals surface area contributed by atoms with E-state index < -0.39 is 5.97 Å². The van der Waals surface area contributed by atoms with Crippen molar-refractivity contribution in [2.45, 2.75) is 0 Å². The topological polar surface area (TPSA) is 51.7 Å². The van der Waals surface area contributed by atoms with Crippen LogP contribution in [0.15, 0.2) is 53.1 Å². The molecule has 0 aliphatic rings. The van der Waals surface area contributed by atoms with Crippen molar-refractivity contribution in [2.75, 3.05) is 19.2 Å². The van der Waals surface area contributed by atoms with Crippen molar-refractivity contribution in [1.82, 2.24) is 4.98 Å². The van der Waals surface area contributed by atoms with Gasteiger partial charge in [-0.05, 0) is 52.3 Å². The molecule has 5 nitrogen and oxygen atoms in total. The Labute approximate surface area is 158 Å². The number of benzene rings is 2. The first-order valence-electron chi connectivity index (χ1n) is 7.33. The molecule has 7 heteroatoms. The molecule has 0 radical (unpaired) electrons. The van der Waals surface area contributed by atoms with Crippen LogP contribution < -0.4 is 9.80 Å². The summed E-state index contributed by atoms with van der Waals surface area (Å²) in [6.45, 7) is 0. The van der Waals surface area contributed by atoms with Gasteiger partial charge >= 0.3 is 5.97 Å². The van der Waals surface area contributed by atoms with Crippen LogP contribution in [0.3, 0.4) is 0 Å². The van der Waals surface area contributed by atoms with E-state index in [2.05, 4.69) is 20.9 Å². The lowest BCUT2D eigenvalue weighted by Crippen LogP contribution is -2.23. The molecule has 2 aromatic carbocycles. The zero-order valence-electron chi connectivity index (χ0n) is 13.5. The fourth-order valence-corrected chi connectivity index (χ4v) is 3.16. The minimum absolute atomic E-state index is 0.388. The molecule has 0 aliphatic carbocycles. The number of aromatic nitrogens is 1. The normalized spacial score (nSPS) is 10.6. The third-order valence-electron chi connectivity index (χ3n) is 3.60. The quantitative estimate of drug-likeness (QED) is 0.563. The minimum Gasteiger partial charge on any atom is -0.497 e. The highest BCUT2D eigenvalue weighted by Crippen LogP contribution is 2.34. The summed E-state index contributed by atoms with van der Waals surface area (Å²) in [5.41, 5.74) is 1.79. The average molecular weight is 422 g/mol. The molecule has 0 aliphatic heterocycles. The first-order chi connectivity index (χ1) is 12.0. The average Bonchev–Trinajstić information content (AvgIpc) is 2.61. The molecular formula is C18H14BrClN2O3. The number of methoxy groups -OCH3 is 1. The number of carbonyl (C=O) groups is 1. The zero-order valence-corrected chi connectivity index (χ0v) is 15.8. The second kappa shape index (κ2) is 7.29. The SMILES string of the molecule is COc1cccc(C(=O)ON(C)c2c(Br)cnc3ccc(Cl)cc23)c1. The maximum atomic E-state index is 12.4. The van der Waals surface area contributed by atoms with Gasteiger partial charge in [0.15, 0.2) is 0 Å². The number of rotatable bonds is 4. The van der Waals surface area contributed by atoms with Crippen molar-refractivity contribution in [3.63, 3.8) is 0 Å². The van der Waals surface area contributed by atoms with Crippen molar-refractivity contribution in [3.05, 3.63) is 63.7 Å². The summed E-state index contributed by atoms with van der Waals surface area (Å²) in [5.74, 6) is 0.0831. The number of hydrogen-bond donors (Lipinski definition) is 0. The highest BCUT2D eigenvalue weighted by molar-refractivity contribution is 9.10. The van der Waals surface area contributed by atoms with E-state index in [1.165, 1.54) is 5.06 Å². The number of halogens is 2. The molecule has 0 saturated carbocycles. The molecular weight excluding hydrogens is 408 g/mol. The second-order valence-electron chi connectivity index (χ2n) is 5.22. The van der Waals surface area contributed by atoms with Crippen LogP contribution in [-0.4, -0.2) is 25.1 Å². The summed E-state index contributed by atoms with van der Waals surface area (Å²) in [5, 5.41) is 2.73. The Bertz CT molecular complexity index is 944. The Balaban J connectivity index is 1.94. The van der Waals surface area contributed by atoms with Crippen LogP contribution in [0.25, 0.3) is 10.9 Å². The maximum Gasteiger partial charge on any atom is 0.363 e.